The van der Waals surface area contributed by atoms with Crippen LogP contribution in [0.5, 0.6) is 0 Å². The highest BCUT2D eigenvalue weighted by molar-refractivity contribution is 9.10. The normalized spacial score (nSPS) is 15.2. The van der Waals surface area contributed by atoms with E-state index >= 15 is 0 Å². The summed E-state index contributed by atoms with van der Waals surface area (Å²) in [7, 11) is 1.64. The summed E-state index contributed by atoms with van der Waals surface area (Å²) in [4.78, 5) is 11.9. The van der Waals surface area contributed by atoms with E-state index in [1.165, 1.54) is 0 Å². The Labute approximate surface area is 115 Å². The first kappa shape index (κ1) is 13.5. The maximum absolute atomic E-state index is 11.9. The van der Waals surface area contributed by atoms with Crippen molar-refractivity contribution in [2.24, 2.45) is 5.92 Å². The van der Waals surface area contributed by atoms with Crippen molar-refractivity contribution < 1.29 is 9.53 Å². The third kappa shape index (κ3) is 3.31. The van der Waals surface area contributed by atoms with Crippen LogP contribution in [0.25, 0.3) is 0 Å². The van der Waals surface area contributed by atoms with Gasteiger partial charge in [-0.1, -0.05) is 22.0 Å². The number of carbonyl (C=O) groups is 1. The number of anilines is 1. The average molecular weight is 313 g/mol. The third-order valence-electron chi connectivity index (χ3n) is 3.02. The lowest BCUT2D eigenvalue weighted by Crippen LogP contribution is -2.43. The summed E-state index contributed by atoms with van der Waals surface area (Å²) >= 11 is 3.47. The van der Waals surface area contributed by atoms with Gasteiger partial charge in [-0.3, -0.25) is 4.79 Å². The smallest absolute Gasteiger partial charge is 0.224 e. The number of ether oxygens (including phenoxy) is 1. The van der Waals surface area contributed by atoms with Crippen molar-refractivity contribution in [1.82, 2.24) is 5.32 Å². The van der Waals surface area contributed by atoms with Crippen LogP contribution in [0.4, 0.5) is 5.69 Å². The molecule has 0 bridgehead atoms. The van der Waals surface area contributed by atoms with Crippen LogP contribution >= 0.6 is 15.9 Å². The largest absolute Gasteiger partial charge is 0.380 e. The molecule has 1 aliphatic rings. The maximum Gasteiger partial charge on any atom is 0.224 e. The van der Waals surface area contributed by atoms with E-state index in [1.807, 2.05) is 18.2 Å². The van der Waals surface area contributed by atoms with Crippen LogP contribution in [0.1, 0.15) is 12.0 Å². The molecule has 1 fully saturated rings. The molecule has 2 rings (SSSR count). The van der Waals surface area contributed by atoms with Crippen LogP contribution in [0, 0.1) is 5.92 Å². The van der Waals surface area contributed by atoms with Crippen molar-refractivity contribution in [1.29, 1.82) is 0 Å². The van der Waals surface area contributed by atoms with Gasteiger partial charge in [-0.05, 0) is 31.1 Å². The number of carbonyl (C=O) groups excluding carboxylic acids is 1. The molecule has 18 heavy (non-hydrogen) atoms. The summed E-state index contributed by atoms with van der Waals surface area (Å²) in [5.74, 6) is 0.542. The third-order valence-corrected chi connectivity index (χ3v) is 3.76. The van der Waals surface area contributed by atoms with Gasteiger partial charge in [0.25, 0.3) is 0 Å². The predicted octanol–water partition coefficient (Wildman–Crippen LogP) is 2.14. The van der Waals surface area contributed by atoms with Gasteiger partial charge in [-0.2, -0.15) is 0 Å². The van der Waals surface area contributed by atoms with Crippen LogP contribution in [0.2, 0.25) is 0 Å². The van der Waals surface area contributed by atoms with Gasteiger partial charge < -0.3 is 15.4 Å². The summed E-state index contributed by atoms with van der Waals surface area (Å²) in [6.45, 7) is 2.36. The molecule has 0 radical (unpaired) electrons. The van der Waals surface area contributed by atoms with Crippen molar-refractivity contribution in [3.63, 3.8) is 0 Å². The van der Waals surface area contributed by atoms with E-state index < -0.39 is 0 Å². The van der Waals surface area contributed by atoms with Crippen LogP contribution in [-0.2, 0) is 16.1 Å². The molecule has 98 valence electrons. The average Bonchev–Trinajstić information content (AvgIpc) is 2.28. The first-order chi connectivity index (χ1) is 8.70. The number of benzene rings is 1. The standard InChI is InChI=1S/C13H17BrN2O2/c1-18-8-10-11(14)3-2-4-12(10)16-13(17)5-9-6-15-7-9/h2-4,9,15H,5-8H2,1H3,(H,16,17). The molecule has 5 heteroatoms. The molecule has 0 saturated carbocycles. The zero-order chi connectivity index (χ0) is 13.0. The number of halogens is 1. The van der Waals surface area contributed by atoms with Gasteiger partial charge in [0.1, 0.15) is 0 Å². The van der Waals surface area contributed by atoms with E-state index in [9.17, 15) is 4.79 Å². The summed E-state index contributed by atoms with van der Waals surface area (Å²) < 4.78 is 6.10. The summed E-state index contributed by atoms with van der Waals surface area (Å²) in [5.41, 5.74) is 1.79. The Kier molecular flexibility index (Phi) is 4.74. The lowest BCUT2D eigenvalue weighted by Gasteiger charge is -2.26. The molecular weight excluding hydrogens is 296 g/mol. The fraction of sp³-hybridized carbons (Fsp3) is 0.462. The maximum atomic E-state index is 11.9. The fourth-order valence-electron chi connectivity index (χ4n) is 1.92. The Balaban J connectivity index is 2.02. The number of amides is 1. The van der Waals surface area contributed by atoms with Gasteiger partial charge in [-0.25, -0.2) is 0 Å². The SMILES string of the molecule is COCc1c(Br)cccc1NC(=O)CC1CNC1. The quantitative estimate of drug-likeness (QED) is 0.876. The number of hydrogen-bond donors (Lipinski definition) is 2. The lowest BCUT2D eigenvalue weighted by molar-refractivity contribution is -0.117. The van der Waals surface area contributed by atoms with Crippen molar-refractivity contribution in [3.8, 4) is 0 Å². The van der Waals surface area contributed by atoms with E-state index in [4.69, 9.17) is 4.74 Å². The van der Waals surface area contributed by atoms with Gasteiger partial charge in [0.05, 0.1) is 6.61 Å². The van der Waals surface area contributed by atoms with E-state index in [2.05, 4.69) is 26.6 Å². The molecular formula is C13H17BrN2O2. The van der Waals surface area contributed by atoms with E-state index in [0.29, 0.717) is 18.9 Å². The molecule has 1 saturated heterocycles. The molecule has 1 amide bonds. The molecule has 0 aliphatic carbocycles. The summed E-state index contributed by atoms with van der Waals surface area (Å²) in [6, 6.07) is 5.75. The van der Waals surface area contributed by atoms with Crippen LogP contribution in [-0.4, -0.2) is 26.1 Å². The molecule has 0 unspecified atom stereocenters. The molecule has 1 aliphatic heterocycles. The van der Waals surface area contributed by atoms with Gasteiger partial charge >= 0.3 is 0 Å². The topological polar surface area (TPSA) is 50.4 Å². The van der Waals surface area contributed by atoms with E-state index in [-0.39, 0.29) is 5.91 Å². The van der Waals surface area contributed by atoms with E-state index in [1.54, 1.807) is 7.11 Å². The first-order valence-corrected chi connectivity index (χ1v) is 6.77. The Hall–Kier alpha value is -0.910. The molecule has 2 N–H and O–H groups in total. The van der Waals surface area contributed by atoms with Gasteiger partial charge in [0.2, 0.25) is 5.91 Å². The lowest BCUT2D eigenvalue weighted by atomic mass is 9.99. The van der Waals surface area contributed by atoms with Gasteiger partial charge in [0, 0.05) is 29.3 Å². The zero-order valence-corrected chi connectivity index (χ0v) is 11.9. The zero-order valence-electron chi connectivity index (χ0n) is 10.3. The Bertz CT molecular complexity index is 433. The number of hydrogen-bond acceptors (Lipinski definition) is 3. The highest BCUT2D eigenvalue weighted by Gasteiger charge is 2.20. The second-order valence-electron chi connectivity index (χ2n) is 4.48. The number of methoxy groups -OCH3 is 1. The molecule has 0 aromatic heterocycles. The van der Waals surface area contributed by atoms with Crippen molar-refractivity contribution in [3.05, 3.63) is 28.2 Å². The molecule has 1 heterocycles. The first-order valence-electron chi connectivity index (χ1n) is 5.97. The summed E-state index contributed by atoms with van der Waals surface area (Å²) in [5, 5.41) is 6.12. The minimum absolute atomic E-state index is 0.0666. The minimum Gasteiger partial charge on any atom is -0.380 e. The van der Waals surface area contributed by atoms with Gasteiger partial charge in [-0.15, -0.1) is 0 Å². The molecule has 0 spiro atoms. The Morgan fingerprint density at radius 2 is 2.33 bits per heavy atom. The van der Waals surface area contributed by atoms with E-state index in [0.717, 1.165) is 28.8 Å². The molecule has 1 aromatic carbocycles. The molecule has 0 atom stereocenters. The fourth-order valence-corrected chi connectivity index (χ4v) is 2.40. The Morgan fingerprint density at radius 1 is 1.56 bits per heavy atom. The van der Waals surface area contributed by atoms with Crippen LogP contribution < -0.4 is 10.6 Å². The summed E-state index contributed by atoms with van der Waals surface area (Å²) in [6.07, 6.45) is 0.575. The molecule has 4 nitrogen and oxygen atoms in total. The second-order valence-corrected chi connectivity index (χ2v) is 5.33. The van der Waals surface area contributed by atoms with Crippen LogP contribution in [0.15, 0.2) is 22.7 Å². The van der Waals surface area contributed by atoms with Crippen molar-refractivity contribution in [2.45, 2.75) is 13.0 Å². The highest BCUT2D eigenvalue weighted by Crippen LogP contribution is 2.26. The predicted molar refractivity (Wildman–Crippen MR) is 74.5 cm³/mol. The second kappa shape index (κ2) is 6.31. The minimum atomic E-state index is 0.0666. The molecule has 1 aromatic rings. The highest BCUT2D eigenvalue weighted by atomic mass is 79.9. The van der Waals surface area contributed by atoms with Crippen LogP contribution in [0.3, 0.4) is 0 Å². The van der Waals surface area contributed by atoms with Gasteiger partial charge in [0.15, 0.2) is 0 Å². The number of rotatable bonds is 5. The number of nitrogens with one attached hydrogen (secondary N) is 2. The monoisotopic (exact) mass is 312 g/mol. The van der Waals surface area contributed by atoms with Crippen molar-refractivity contribution in [2.75, 3.05) is 25.5 Å². The van der Waals surface area contributed by atoms with Crippen molar-refractivity contribution >= 4 is 27.5 Å². The Morgan fingerprint density at radius 3 is 2.94 bits per heavy atom.